The van der Waals surface area contributed by atoms with E-state index in [4.69, 9.17) is 4.74 Å². The Labute approximate surface area is 159 Å². The van der Waals surface area contributed by atoms with E-state index in [0.29, 0.717) is 6.54 Å². The van der Waals surface area contributed by atoms with Crippen LogP contribution in [0.4, 0.5) is 13.2 Å². The molecular formula is C20H18F3N3O2. The number of aromatic nitrogens is 2. The fraction of sp³-hybridized carbons (Fsp3) is 0.200. The van der Waals surface area contributed by atoms with Crippen LogP contribution in [0.3, 0.4) is 0 Å². The second-order valence-corrected chi connectivity index (χ2v) is 6.06. The lowest BCUT2D eigenvalue weighted by Crippen LogP contribution is -2.29. The van der Waals surface area contributed by atoms with Crippen molar-refractivity contribution in [3.8, 4) is 5.75 Å². The van der Waals surface area contributed by atoms with Crippen LogP contribution in [0.25, 0.3) is 0 Å². The summed E-state index contributed by atoms with van der Waals surface area (Å²) in [5.41, 5.74) is 1.11. The second kappa shape index (κ2) is 8.60. The van der Waals surface area contributed by atoms with Gasteiger partial charge in [0.1, 0.15) is 5.75 Å². The molecule has 0 aliphatic carbocycles. The summed E-state index contributed by atoms with van der Waals surface area (Å²) in [7, 11) is 0. The van der Waals surface area contributed by atoms with E-state index in [1.807, 2.05) is 36.5 Å². The molecule has 5 nitrogen and oxygen atoms in total. The highest BCUT2D eigenvalue weighted by Gasteiger charge is 2.30. The minimum atomic E-state index is -4.46. The average molecular weight is 389 g/mol. The lowest BCUT2D eigenvalue weighted by Gasteiger charge is -2.12. The molecule has 1 aromatic heterocycles. The van der Waals surface area contributed by atoms with Crippen molar-refractivity contribution in [3.05, 3.63) is 83.7 Å². The number of rotatable bonds is 7. The topological polar surface area (TPSA) is 56.1 Å². The van der Waals surface area contributed by atoms with Gasteiger partial charge in [-0.1, -0.05) is 30.3 Å². The Kier molecular flexibility index (Phi) is 5.98. The van der Waals surface area contributed by atoms with Crippen molar-refractivity contribution in [3.63, 3.8) is 0 Å². The Morgan fingerprint density at radius 1 is 1.07 bits per heavy atom. The third-order valence-electron chi connectivity index (χ3n) is 4.02. The molecule has 0 saturated heterocycles. The summed E-state index contributed by atoms with van der Waals surface area (Å²) < 4.78 is 45.1. The fourth-order valence-corrected chi connectivity index (χ4v) is 2.61. The van der Waals surface area contributed by atoms with Gasteiger partial charge in [-0.3, -0.25) is 9.48 Å². The zero-order valence-corrected chi connectivity index (χ0v) is 14.8. The molecular weight excluding hydrogens is 371 g/mol. The van der Waals surface area contributed by atoms with Gasteiger partial charge in [0.15, 0.2) is 6.61 Å². The monoisotopic (exact) mass is 389 g/mol. The van der Waals surface area contributed by atoms with Gasteiger partial charge in [0.2, 0.25) is 0 Å². The number of hydrogen-bond acceptors (Lipinski definition) is 3. The molecule has 1 heterocycles. The van der Waals surface area contributed by atoms with E-state index in [9.17, 15) is 18.0 Å². The normalized spacial score (nSPS) is 11.2. The molecule has 3 rings (SSSR count). The van der Waals surface area contributed by atoms with Crippen LogP contribution in [-0.2, 0) is 24.1 Å². The minimum Gasteiger partial charge on any atom is -0.484 e. The Hall–Kier alpha value is -3.29. The molecule has 2 aromatic carbocycles. The quantitative estimate of drug-likeness (QED) is 0.671. The Morgan fingerprint density at radius 2 is 1.86 bits per heavy atom. The highest BCUT2D eigenvalue weighted by molar-refractivity contribution is 5.77. The Bertz CT molecular complexity index is 924. The summed E-state index contributed by atoms with van der Waals surface area (Å²) in [6.07, 6.45) is -0.923. The number of alkyl halides is 3. The van der Waals surface area contributed by atoms with Crippen LogP contribution in [0.15, 0.2) is 67.0 Å². The first-order valence-electron chi connectivity index (χ1n) is 8.53. The highest BCUT2D eigenvalue weighted by Crippen LogP contribution is 2.31. The molecule has 3 aromatic rings. The average Bonchev–Trinajstić information content (AvgIpc) is 3.18. The predicted molar refractivity (Wildman–Crippen MR) is 96.6 cm³/mol. The first kappa shape index (κ1) is 19.5. The van der Waals surface area contributed by atoms with Gasteiger partial charge in [-0.2, -0.15) is 18.3 Å². The van der Waals surface area contributed by atoms with E-state index in [2.05, 4.69) is 10.4 Å². The van der Waals surface area contributed by atoms with Crippen molar-refractivity contribution in [1.82, 2.24) is 15.1 Å². The van der Waals surface area contributed by atoms with Crippen molar-refractivity contribution < 1.29 is 22.7 Å². The van der Waals surface area contributed by atoms with Crippen LogP contribution < -0.4 is 10.1 Å². The predicted octanol–water partition coefficient (Wildman–Crippen LogP) is 3.65. The van der Waals surface area contributed by atoms with E-state index in [1.165, 1.54) is 12.1 Å². The number of ether oxygens (including phenoxy) is 1. The molecule has 0 radical (unpaired) electrons. The second-order valence-electron chi connectivity index (χ2n) is 6.06. The molecule has 1 amide bonds. The van der Waals surface area contributed by atoms with Gasteiger partial charge in [-0.05, 0) is 35.4 Å². The maximum atomic E-state index is 12.7. The first-order valence-corrected chi connectivity index (χ1v) is 8.53. The summed E-state index contributed by atoms with van der Waals surface area (Å²) in [6.45, 7) is 0.477. The van der Waals surface area contributed by atoms with Crippen LogP contribution in [0.2, 0.25) is 0 Å². The highest BCUT2D eigenvalue weighted by atomic mass is 19.4. The standard InChI is InChI=1S/C20H18F3N3O2/c21-20(22,23)17-7-3-8-18(11-17)28-14-19(27)24-12-15-5-1-2-6-16(15)13-26-10-4-9-25-26/h1-11H,12-14H2,(H,24,27). The van der Waals surface area contributed by atoms with Crippen molar-refractivity contribution in [1.29, 1.82) is 0 Å². The van der Waals surface area contributed by atoms with Crippen molar-refractivity contribution in [2.75, 3.05) is 6.61 Å². The van der Waals surface area contributed by atoms with E-state index in [-0.39, 0.29) is 18.9 Å². The van der Waals surface area contributed by atoms with E-state index in [0.717, 1.165) is 23.3 Å². The summed E-state index contributed by atoms with van der Waals surface area (Å²) >= 11 is 0. The van der Waals surface area contributed by atoms with Gasteiger partial charge in [0, 0.05) is 18.9 Å². The van der Waals surface area contributed by atoms with E-state index >= 15 is 0 Å². The summed E-state index contributed by atoms with van der Waals surface area (Å²) in [4.78, 5) is 12.0. The maximum Gasteiger partial charge on any atom is 0.416 e. The molecule has 0 spiro atoms. The molecule has 146 valence electrons. The van der Waals surface area contributed by atoms with Crippen molar-refractivity contribution in [2.45, 2.75) is 19.3 Å². The van der Waals surface area contributed by atoms with Crippen molar-refractivity contribution >= 4 is 5.91 Å². The van der Waals surface area contributed by atoms with Crippen LogP contribution in [0.5, 0.6) is 5.75 Å². The molecule has 0 fully saturated rings. The molecule has 0 unspecified atom stereocenters. The fourth-order valence-electron chi connectivity index (χ4n) is 2.61. The van der Waals surface area contributed by atoms with E-state index in [1.54, 1.807) is 10.9 Å². The number of nitrogens with one attached hydrogen (secondary N) is 1. The number of amides is 1. The van der Waals surface area contributed by atoms with Crippen LogP contribution in [-0.4, -0.2) is 22.3 Å². The summed E-state index contributed by atoms with van der Waals surface area (Å²) in [5.74, 6) is -0.435. The van der Waals surface area contributed by atoms with Gasteiger partial charge in [0.25, 0.3) is 5.91 Å². The number of nitrogens with zero attached hydrogens (tertiary/aromatic N) is 2. The number of carbonyl (C=O) groups excluding carboxylic acids is 1. The van der Waals surface area contributed by atoms with Gasteiger partial charge in [0.05, 0.1) is 12.1 Å². The van der Waals surface area contributed by atoms with Gasteiger partial charge in [-0.15, -0.1) is 0 Å². The SMILES string of the molecule is O=C(COc1cccc(C(F)(F)F)c1)NCc1ccccc1Cn1cccn1. The molecule has 8 heteroatoms. The smallest absolute Gasteiger partial charge is 0.416 e. The zero-order chi connectivity index (χ0) is 20.0. The van der Waals surface area contributed by atoms with Gasteiger partial charge in [-0.25, -0.2) is 0 Å². The molecule has 0 aliphatic heterocycles. The van der Waals surface area contributed by atoms with Crippen LogP contribution in [0, 0.1) is 0 Å². The molecule has 0 bridgehead atoms. The molecule has 0 aliphatic rings. The lowest BCUT2D eigenvalue weighted by atomic mass is 10.1. The molecule has 0 saturated carbocycles. The van der Waals surface area contributed by atoms with Gasteiger partial charge < -0.3 is 10.1 Å². The summed E-state index contributed by atoms with van der Waals surface area (Å²) in [6, 6.07) is 13.9. The Morgan fingerprint density at radius 3 is 2.57 bits per heavy atom. The lowest BCUT2D eigenvalue weighted by molar-refractivity contribution is -0.137. The number of halogens is 3. The van der Waals surface area contributed by atoms with Crippen molar-refractivity contribution in [2.24, 2.45) is 0 Å². The first-order chi connectivity index (χ1) is 13.4. The van der Waals surface area contributed by atoms with Crippen LogP contribution >= 0.6 is 0 Å². The van der Waals surface area contributed by atoms with Crippen LogP contribution in [0.1, 0.15) is 16.7 Å². The van der Waals surface area contributed by atoms with E-state index < -0.39 is 17.6 Å². The third kappa shape index (κ3) is 5.35. The minimum absolute atomic E-state index is 0.0101. The number of carbonyl (C=O) groups is 1. The molecule has 0 atom stereocenters. The third-order valence-corrected chi connectivity index (χ3v) is 4.02. The maximum absolute atomic E-state index is 12.7. The van der Waals surface area contributed by atoms with Gasteiger partial charge >= 0.3 is 6.18 Å². The number of benzene rings is 2. The zero-order valence-electron chi connectivity index (χ0n) is 14.8. The largest absolute Gasteiger partial charge is 0.484 e. The summed E-state index contributed by atoms with van der Waals surface area (Å²) in [5, 5.41) is 6.88. The molecule has 1 N–H and O–H groups in total. The Balaban J connectivity index is 1.54. The molecule has 28 heavy (non-hydrogen) atoms. The number of hydrogen-bond donors (Lipinski definition) is 1.